The van der Waals surface area contributed by atoms with E-state index in [0.29, 0.717) is 0 Å². The minimum Gasteiger partial charge on any atom is -0.481 e. The van der Waals surface area contributed by atoms with Crippen molar-refractivity contribution < 1.29 is 23.1 Å². The first-order chi connectivity index (χ1) is 9.79. The lowest BCUT2D eigenvalue weighted by Gasteiger charge is -2.21. The number of carboxylic acid groups (broad SMARTS) is 1. The van der Waals surface area contributed by atoms with Crippen molar-refractivity contribution in [2.75, 3.05) is 12.8 Å². The van der Waals surface area contributed by atoms with Gasteiger partial charge in [-0.1, -0.05) is 6.07 Å². The summed E-state index contributed by atoms with van der Waals surface area (Å²) in [6.45, 7) is 0.141. The Hall–Kier alpha value is -1.89. The lowest BCUT2D eigenvalue weighted by atomic mass is 10.2. The van der Waals surface area contributed by atoms with Gasteiger partial charge in [-0.15, -0.1) is 0 Å². The van der Waals surface area contributed by atoms with Gasteiger partial charge in [-0.25, -0.2) is 8.42 Å². The molecule has 0 radical (unpaired) electrons. The Morgan fingerprint density at radius 1 is 1.33 bits per heavy atom. The summed E-state index contributed by atoms with van der Waals surface area (Å²) in [5.74, 6) is -1.28. The summed E-state index contributed by atoms with van der Waals surface area (Å²) in [5, 5.41) is 8.75. The lowest BCUT2D eigenvalue weighted by Crippen LogP contribution is -2.35. The number of amides is 1. The highest BCUT2D eigenvalue weighted by Crippen LogP contribution is 2.28. The SMILES string of the molecule is CS(=O)(=O)c1cccc(C(=O)N(CCC(=O)O)C2CC2)c1. The third kappa shape index (κ3) is 4.04. The Bertz CT molecular complexity index is 664. The molecule has 114 valence electrons. The van der Waals surface area contributed by atoms with Crippen molar-refractivity contribution >= 4 is 21.7 Å². The van der Waals surface area contributed by atoms with Gasteiger partial charge < -0.3 is 10.0 Å². The number of carbonyl (C=O) groups excluding carboxylic acids is 1. The predicted octanol–water partition coefficient (Wildman–Crippen LogP) is 1.17. The molecular weight excluding hydrogens is 294 g/mol. The maximum Gasteiger partial charge on any atom is 0.305 e. The Balaban J connectivity index is 2.22. The zero-order valence-electron chi connectivity index (χ0n) is 11.7. The number of hydrogen-bond acceptors (Lipinski definition) is 4. The second-order valence-electron chi connectivity index (χ2n) is 5.17. The predicted molar refractivity (Wildman–Crippen MR) is 75.9 cm³/mol. The van der Waals surface area contributed by atoms with Gasteiger partial charge in [0, 0.05) is 24.4 Å². The number of hydrogen-bond donors (Lipinski definition) is 1. The molecule has 2 rings (SSSR count). The van der Waals surface area contributed by atoms with Crippen LogP contribution in [0.2, 0.25) is 0 Å². The van der Waals surface area contributed by atoms with E-state index < -0.39 is 15.8 Å². The molecule has 1 amide bonds. The largest absolute Gasteiger partial charge is 0.481 e. The molecule has 7 heteroatoms. The zero-order valence-corrected chi connectivity index (χ0v) is 12.5. The first-order valence-electron chi connectivity index (χ1n) is 6.62. The van der Waals surface area contributed by atoms with Crippen LogP contribution in [0.15, 0.2) is 29.2 Å². The highest BCUT2D eigenvalue weighted by atomic mass is 32.2. The number of sulfone groups is 1. The van der Waals surface area contributed by atoms with Gasteiger partial charge in [0.15, 0.2) is 9.84 Å². The van der Waals surface area contributed by atoms with Crippen LogP contribution in [0.25, 0.3) is 0 Å². The van der Waals surface area contributed by atoms with Crippen LogP contribution in [0.3, 0.4) is 0 Å². The number of rotatable bonds is 6. The molecule has 0 aliphatic heterocycles. The molecule has 0 bridgehead atoms. The summed E-state index contributed by atoms with van der Waals surface area (Å²) < 4.78 is 23.1. The first-order valence-corrected chi connectivity index (χ1v) is 8.51. The average Bonchev–Trinajstić information content (AvgIpc) is 3.22. The molecule has 21 heavy (non-hydrogen) atoms. The van der Waals surface area contributed by atoms with E-state index in [1.54, 1.807) is 6.07 Å². The summed E-state index contributed by atoms with van der Waals surface area (Å²) in [4.78, 5) is 24.7. The molecular formula is C14H17NO5S. The van der Waals surface area contributed by atoms with Gasteiger partial charge >= 0.3 is 5.97 Å². The summed E-state index contributed by atoms with van der Waals surface area (Å²) in [7, 11) is -3.38. The number of carbonyl (C=O) groups is 2. The van der Waals surface area contributed by atoms with Crippen molar-refractivity contribution in [1.29, 1.82) is 0 Å². The summed E-state index contributed by atoms with van der Waals surface area (Å²) in [6.07, 6.45) is 2.68. The molecule has 1 aromatic carbocycles. The maximum atomic E-state index is 12.5. The Labute approximate surface area is 123 Å². The number of nitrogens with zero attached hydrogens (tertiary/aromatic N) is 1. The van der Waals surface area contributed by atoms with Crippen molar-refractivity contribution in [3.05, 3.63) is 29.8 Å². The molecule has 1 N–H and O–H groups in total. The fourth-order valence-corrected chi connectivity index (χ4v) is 2.74. The molecule has 0 aromatic heterocycles. The standard InChI is InChI=1S/C14H17NO5S/c1-21(19,20)12-4-2-3-10(9-12)14(18)15(11-5-6-11)8-7-13(16)17/h2-4,9,11H,5-8H2,1H3,(H,16,17). The number of benzene rings is 1. The van der Waals surface area contributed by atoms with Gasteiger partial charge in [0.1, 0.15) is 0 Å². The van der Waals surface area contributed by atoms with Crippen molar-refractivity contribution in [1.82, 2.24) is 4.90 Å². The van der Waals surface area contributed by atoms with Crippen LogP contribution >= 0.6 is 0 Å². The Kier molecular flexibility index (Phi) is 4.32. The van der Waals surface area contributed by atoms with Crippen LogP contribution in [0.4, 0.5) is 0 Å². The molecule has 0 heterocycles. The van der Waals surface area contributed by atoms with Gasteiger partial charge in [-0.2, -0.15) is 0 Å². The second kappa shape index (κ2) is 5.85. The summed E-state index contributed by atoms with van der Waals surface area (Å²) >= 11 is 0. The van der Waals surface area contributed by atoms with E-state index in [1.165, 1.54) is 23.1 Å². The van der Waals surface area contributed by atoms with E-state index in [-0.39, 0.29) is 35.4 Å². The number of aliphatic carboxylic acids is 1. The van der Waals surface area contributed by atoms with E-state index in [2.05, 4.69) is 0 Å². The molecule has 1 fully saturated rings. The first kappa shape index (κ1) is 15.5. The fraction of sp³-hybridized carbons (Fsp3) is 0.429. The normalized spacial score (nSPS) is 14.7. The Morgan fingerprint density at radius 3 is 2.52 bits per heavy atom. The van der Waals surface area contributed by atoms with Gasteiger partial charge in [0.05, 0.1) is 11.3 Å². The van der Waals surface area contributed by atoms with Crippen LogP contribution in [-0.2, 0) is 14.6 Å². The molecule has 0 saturated heterocycles. The number of carboxylic acids is 1. The molecule has 0 atom stereocenters. The molecule has 1 aliphatic carbocycles. The van der Waals surface area contributed by atoms with Gasteiger partial charge in [-0.05, 0) is 31.0 Å². The average molecular weight is 311 g/mol. The van der Waals surface area contributed by atoms with Gasteiger partial charge in [0.2, 0.25) is 0 Å². The molecule has 0 spiro atoms. The highest BCUT2D eigenvalue weighted by molar-refractivity contribution is 7.90. The van der Waals surface area contributed by atoms with Gasteiger partial charge in [0.25, 0.3) is 5.91 Å². The molecule has 0 unspecified atom stereocenters. The summed E-state index contributed by atoms with van der Waals surface area (Å²) in [6, 6.07) is 5.91. The van der Waals surface area contributed by atoms with Crippen LogP contribution in [0.1, 0.15) is 29.6 Å². The van der Waals surface area contributed by atoms with E-state index in [1.807, 2.05) is 0 Å². The third-order valence-electron chi connectivity index (χ3n) is 3.32. The lowest BCUT2D eigenvalue weighted by molar-refractivity contribution is -0.137. The Morgan fingerprint density at radius 2 is 2.00 bits per heavy atom. The van der Waals surface area contributed by atoms with Crippen molar-refractivity contribution in [2.45, 2.75) is 30.2 Å². The van der Waals surface area contributed by atoms with Crippen LogP contribution < -0.4 is 0 Å². The van der Waals surface area contributed by atoms with Crippen LogP contribution in [-0.4, -0.2) is 49.1 Å². The minimum atomic E-state index is -3.38. The maximum absolute atomic E-state index is 12.5. The van der Waals surface area contributed by atoms with Crippen molar-refractivity contribution in [2.24, 2.45) is 0 Å². The molecule has 1 aromatic rings. The monoisotopic (exact) mass is 311 g/mol. The van der Waals surface area contributed by atoms with E-state index in [9.17, 15) is 18.0 Å². The zero-order chi connectivity index (χ0) is 15.6. The highest BCUT2D eigenvalue weighted by Gasteiger charge is 2.33. The fourth-order valence-electron chi connectivity index (χ4n) is 2.08. The minimum absolute atomic E-state index is 0.0683. The van der Waals surface area contributed by atoms with Crippen molar-refractivity contribution in [3.8, 4) is 0 Å². The van der Waals surface area contributed by atoms with E-state index >= 15 is 0 Å². The smallest absolute Gasteiger partial charge is 0.305 e. The topological polar surface area (TPSA) is 91.8 Å². The molecule has 1 saturated carbocycles. The van der Waals surface area contributed by atoms with E-state index in [4.69, 9.17) is 5.11 Å². The van der Waals surface area contributed by atoms with Crippen LogP contribution in [0.5, 0.6) is 0 Å². The van der Waals surface area contributed by atoms with Crippen molar-refractivity contribution in [3.63, 3.8) is 0 Å². The summed E-state index contributed by atoms with van der Waals surface area (Å²) in [5.41, 5.74) is 0.273. The van der Waals surface area contributed by atoms with Gasteiger partial charge in [-0.3, -0.25) is 9.59 Å². The molecule has 6 nitrogen and oxygen atoms in total. The third-order valence-corrected chi connectivity index (χ3v) is 4.43. The quantitative estimate of drug-likeness (QED) is 0.851. The molecule has 1 aliphatic rings. The van der Waals surface area contributed by atoms with E-state index in [0.717, 1.165) is 19.1 Å². The second-order valence-corrected chi connectivity index (χ2v) is 7.19. The van der Waals surface area contributed by atoms with Crippen LogP contribution in [0, 0.1) is 0 Å².